The number of hydrogen-bond acceptors (Lipinski definition) is 7. The van der Waals surface area contributed by atoms with Crippen LogP contribution in [0.25, 0.3) is 11.3 Å². The van der Waals surface area contributed by atoms with Gasteiger partial charge in [0.25, 0.3) is 0 Å². The second kappa shape index (κ2) is 10.6. The van der Waals surface area contributed by atoms with E-state index in [4.69, 9.17) is 9.47 Å². The van der Waals surface area contributed by atoms with Gasteiger partial charge in [0.1, 0.15) is 0 Å². The molecule has 1 N–H and O–H groups in total. The highest BCUT2D eigenvalue weighted by molar-refractivity contribution is 7.14. The number of aryl methyl sites for hydroxylation is 1. The number of carbonyl (C=O) groups excluding carboxylic acids is 1. The number of hydrogen-bond donors (Lipinski definition) is 1. The van der Waals surface area contributed by atoms with Crippen LogP contribution in [0.2, 0.25) is 0 Å². The zero-order valence-corrected chi connectivity index (χ0v) is 19.1. The molecule has 0 saturated heterocycles. The van der Waals surface area contributed by atoms with Crippen molar-refractivity contribution >= 4 is 28.7 Å². The SMILES string of the molecule is CCOc1cc(C=NNc2nc(-c3ccccc3)cs2)ccc1OC(=O)c1cccc(C)c1. The van der Waals surface area contributed by atoms with Crippen molar-refractivity contribution in [2.45, 2.75) is 13.8 Å². The Morgan fingerprint density at radius 1 is 1.06 bits per heavy atom. The number of rotatable bonds is 8. The zero-order valence-electron chi connectivity index (χ0n) is 18.3. The van der Waals surface area contributed by atoms with Gasteiger partial charge in [0.2, 0.25) is 5.13 Å². The van der Waals surface area contributed by atoms with E-state index >= 15 is 0 Å². The van der Waals surface area contributed by atoms with Crippen LogP contribution in [-0.4, -0.2) is 23.8 Å². The van der Waals surface area contributed by atoms with E-state index in [0.29, 0.717) is 28.8 Å². The molecule has 7 heteroatoms. The number of nitrogens with zero attached hydrogens (tertiary/aromatic N) is 2. The first kappa shape index (κ1) is 22.2. The predicted molar refractivity (Wildman–Crippen MR) is 133 cm³/mol. The Hall–Kier alpha value is -3.97. The third kappa shape index (κ3) is 5.84. The first-order chi connectivity index (χ1) is 16.1. The van der Waals surface area contributed by atoms with Crippen molar-refractivity contribution in [2.24, 2.45) is 5.10 Å². The third-order valence-electron chi connectivity index (χ3n) is 4.67. The molecule has 0 unspecified atom stereocenters. The lowest BCUT2D eigenvalue weighted by Gasteiger charge is -2.11. The summed E-state index contributed by atoms with van der Waals surface area (Å²) in [5, 5.41) is 6.95. The molecule has 166 valence electrons. The fraction of sp³-hybridized carbons (Fsp3) is 0.115. The lowest BCUT2D eigenvalue weighted by Crippen LogP contribution is -2.10. The van der Waals surface area contributed by atoms with Crippen molar-refractivity contribution in [3.8, 4) is 22.8 Å². The summed E-state index contributed by atoms with van der Waals surface area (Å²) in [4.78, 5) is 17.1. The van der Waals surface area contributed by atoms with Crippen LogP contribution in [0.5, 0.6) is 11.5 Å². The molecule has 0 aliphatic rings. The molecule has 0 bridgehead atoms. The van der Waals surface area contributed by atoms with Crippen molar-refractivity contribution in [3.05, 3.63) is 94.9 Å². The summed E-state index contributed by atoms with van der Waals surface area (Å²) in [5.74, 6) is 0.407. The maximum Gasteiger partial charge on any atom is 0.343 e. The molecule has 3 aromatic carbocycles. The standard InChI is InChI=1S/C26H23N3O3S/c1-3-31-24-15-19(12-13-23(24)32-25(30)21-11-7-8-18(2)14-21)16-27-29-26-28-22(17-33-26)20-9-5-4-6-10-20/h4-17H,3H2,1-2H3,(H,28,29). The van der Waals surface area contributed by atoms with Crippen molar-refractivity contribution in [3.63, 3.8) is 0 Å². The summed E-state index contributed by atoms with van der Waals surface area (Å²) in [6.07, 6.45) is 1.66. The summed E-state index contributed by atoms with van der Waals surface area (Å²) < 4.78 is 11.3. The molecule has 0 aliphatic carbocycles. The van der Waals surface area contributed by atoms with Crippen LogP contribution in [0.15, 0.2) is 83.3 Å². The van der Waals surface area contributed by atoms with Gasteiger partial charge in [-0.15, -0.1) is 11.3 Å². The van der Waals surface area contributed by atoms with E-state index in [-0.39, 0.29) is 0 Å². The third-order valence-corrected chi connectivity index (χ3v) is 5.42. The second-order valence-corrected chi connectivity index (χ2v) is 8.03. The Balaban J connectivity index is 1.44. The molecule has 4 rings (SSSR count). The molecule has 0 spiro atoms. The number of hydrazone groups is 1. The minimum atomic E-state index is -0.430. The van der Waals surface area contributed by atoms with Gasteiger partial charge in [-0.25, -0.2) is 9.78 Å². The van der Waals surface area contributed by atoms with Crippen LogP contribution >= 0.6 is 11.3 Å². The van der Waals surface area contributed by atoms with E-state index in [1.165, 1.54) is 11.3 Å². The number of nitrogens with one attached hydrogen (secondary N) is 1. The molecule has 33 heavy (non-hydrogen) atoms. The minimum absolute atomic E-state index is 0.362. The van der Waals surface area contributed by atoms with Gasteiger partial charge in [-0.3, -0.25) is 5.43 Å². The maximum absolute atomic E-state index is 12.5. The topological polar surface area (TPSA) is 72.8 Å². The van der Waals surface area contributed by atoms with E-state index in [0.717, 1.165) is 22.4 Å². The smallest absolute Gasteiger partial charge is 0.343 e. The number of benzene rings is 3. The largest absolute Gasteiger partial charge is 0.490 e. The van der Waals surface area contributed by atoms with Crippen molar-refractivity contribution in [1.82, 2.24) is 4.98 Å². The van der Waals surface area contributed by atoms with E-state index in [2.05, 4.69) is 15.5 Å². The molecule has 0 amide bonds. The zero-order chi connectivity index (χ0) is 23.0. The molecule has 1 aromatic heterocycles. The monoisotopic (exact) mass is 457 g/mol. The van der Waals surface area contributed by atoms with E-state index < -0.39 is 5.97 Å². The maximum atomic E-state index is 12.5. The highest BCUT2D eigenvalue weighted by Gasteiger charge is 2.13. The summed E-state index contributed by atoms with van der Waals surface area (Å²) >= 11 is 1.48. The predicted octanol–water partition coefficient (Wildman–Crippen LogP) is 6.18. The van der Waals surface area contributed by atoms with Crippen LogP contribution in [-0.2, 0) is 0 Å². The summed E-state index contributed by atoms with van der Waals surface area (Å²) in [6.45, 7) is 4.25. The minimum Gasteiger partial charge on any atom is -0.490 e. The van der Waals surface area contributed by atoms with Crippen LogP contribution in [0, 0.1) is 6.92 Å². The lowest BCUT2D eigenvalue weighted by atomic mass is 10.1. The number of thiazole rings is 1. The van der Waals surface area contributed by atoms with Crippen LogP contribution in [0.1, 0.15) is 28.4 Å². The van der Waals surface area contributed by atoms with Gasteiger partial charge < -0.3 is 9.47 Å². The fourth-order valence-electron chi connectivity index (χ4n) is 3.12. The summed E-state index contributed by atoms with van der Waals surface area (Å²) in [5.41, 5.74) is 7.19. The second-order valence-electron chi connectivity index (χ2n) is 7.17. The molecule has 0 radical (unpaired) electrons. The van der Waals surface area contributed by atoms with Crippen molar-refractivity contribution < 1.29 is 14.3 Å². The number of aromatic nitrogens is 1. The highest BCUT2D eigenvalue weighted by atomic mass is 32.1. The van der Waals surface area contributed by atoms with Gasteiger partial charge >= 0.3 is 5.97 Å². The lowest BCUT2D eigenvalue weighted by molar-refractivity contribution is 0.0728. The van der Waals surface area contributed by atoms with Crippen LogP contribution in [0.3, 0.4) is 0 Å². The van der Waals surface area contributed by atoms with Gasteiger partial charge in [-0.2, -0.15) is 5.10 Å². The molecule has 4 aromatic rings. The Bertz CT molecular complexity index is 1270. The first-order valence-electron chi connectivity index (χ1n) is 10.5. The normalized spacial score (nSPS) is 10.8. The summed E-state index contributed by atoms with van der Waals surface area (Å²) in [6, 6.07) is 22.5. The highest BCUT2D eigenvalue weighted by Crippen LogP contribution is 2.29. The Labute approximate surface area is 196 Å². The Kier molecular flexibility index (Phi) is 7.12. The van der Waals surface area contributed by atoms with Crippen LogP contribution in [0.4, 0.5) is 5.13 Å². The molecular weight excluding hydrogens is 434 g/mol. The van der Waals surface area contributed by atoms with Crippen molar-refractivity contribution in [1.29, 1.82) is 0 Å². The van der Waals surface area contributed by atoms with Crippen LogP contribution < -0.4 is 14.9 Å². The Morgan fingerprint density at radius 2 is 1.91 bits per heavy atom. The fourth-order valence-corrected chi connectivity index (χ4v) is 3.79. The number of esters is 1. The molecule has 1 heterocycles. The average molecular weight is 458 g/mol. The van der Waals surface area contributed by atoms with E-state index in [9.17, 15) is 4.79 Å². The first-order valence-corrected chi connectivity index (χ1v) is 11.4. The Morgan fingerprint density at radius 3 is 2.70 bits per heavy atom. The van der Waals surface area contributed by atoms with Crippen molar-refractivity contribution in [2.75, 3.05) is 12.0 Å². The van der Waals surface area contributed by atoms with Gasteiger partial charge in [0.15, 0.2) is 11.5 Å². The molecule has 0 atom stereocenters. The number of anilines is 1. The number of carbonyl (C=O) groups is 1. The molecule has 6 nitrogen and oxygen atoms in total. The van der Waals surface area contributed by atoms with E-state index in [1.807, 2.05) is 67.8 Å². The van der Waals surface area contributed by atoms with Gasteiger partial charge in [0, 0.05) is 10.9 Å². The van der Waals surface area contributed by atoms with Gasteiger partial charge in [-0.1, -0.05) is 48.0 Å². The van der Waals surface area contributed by atoms with Gasteiger partial charge in [0.05, 0.1) is 24.1 Å². The summed E-state index contributed by atoms with van der Waals surface area (Å²) in [7, 11) is 0. The molecular formula is C26H23N3O3S. The molecule has 0 aliphatic heterocycles. The van der Waals surface area contributed by atoms with Gasteiger partial charge in [-0.05, 0) is 49.7 Å². The average Bonchev–Trinajstić information content (AvgIpc) is 3.30. The van der Waals surface area contributed by atoms with E-state index in [1.54, 1.807) is 30.5 Å². The molecule has 0 saturated carbocycles. The number of ether oxygens (including phenoxy) is 2. The molecule has 0 fully saturated rings. The quantitative estimate of drug-likeness (QED) is 0.148.